The van der Waals surface area contributed by atoms with Crippen molar-refractivity contribution < 1.29 is 23.8 Å². The molecule has 6 nitrogen and oxygen atoms in total. The quantitative estimate of drug-likeness (QED) is 0.304. The van der Waals surface area contributed by atoms with E-state index in [1.165, 1.54) is 31.5 Å². The zero-order valence-electron chi connectivity index (χ0n) is 16.2. The third-order valence-corrected chi connectivity index (χ3v) is 5.38. The summed E-state index contributed by atoms with van der Waals surface area (Å²) in [5.41, 5.74) is 3.47. The SMILES string of the molecule is COc1cc(/C=N\NC(=O)c2cc(Br)ccc2O)c(Br)cc1OCc1ccccc1F. The number of benzene rings is 3. The Morgan fingerprint density at radius 1 is 1.16 bits per heavy atom. The summed E-state index contributed by atoms with van der Waals surface area (Å²) in [5, 5.41) is 13.8. The van der Waals surface area contributed by atoms with Crippen LogP contribution in [0.1, 0.15) is 21.5 Å². The minimum absolute atomic E-state index is 0.0368. The Kier molecular flexibility index (Phi) is 7.64. The van der Waals surface area contributed by atoms with E-state index < -0.39 is 5.91 Å². The van der Waals surface area contributed by atoms with Gasteiger partial charge < -0.3 is 14.6 Å². The van der Waals surface area contributed by atoms with Crippen LogP contribution < -0.4 is 14.9 Å². The second-order valence-corrected chi connectivity index (χ2v) is 8.04. The topological polar surface area (TPSA) is 80.2 Å². The molecule has 160 valence electrons. The number of phenols is 1. The van der Waals surface area contributed by atoms with Gasteiger partial charge in [0, 0.05) is 20.1 Å². The number of aromatic hydroxyl groups is 1. The molecule has 0 aromatic heterocycles. The third-order valence-electron chi connectivity index (χ3n) is 4.20. The summed E-state index contributed by atoms with van der Waals surface area (Å²) in [4.78, 5) is 12.2. The molecule has 2 N–H and O–H groups in total. The number of rotatable bonds is 7. The fraction of sp³-hybridized carbons (Fsp3) is 0.0909. The predicted octanol–water partition coefficient (Wildman–Crippen LogP) is 5.41. The van der Waals surface area contributed by atoms with Crippen LogP contribution in [0.3, 0.4) is 0 Å². The van der Waals surface area contributed by atoms with Crippen LogP contribution in [0.25, 0.3) is 0 Å². The van der Waals surface area contributed by atoms with E-state index in [1.54, 1.807) is 36.4 Å². The van der Waals surface area contributed by atoms with Gasteiger partial charge in [-0.2, -0.15) is 5.10 Å². The van der Waals surface area contributed by atoms with Crippen molar-refractivity contribution in [1.82, 2.24) is 5.43 Å². The smallest absolute Gasteiger partial charge is 0.275 e. The third kappa shape index (κ3) is 5.83. The van der Waals surface area contributed by atoms with E-state index in [0.29, 0.717) is 31.6 Å². The van der Waals surface area contributed by atoms with Gasteiger partial charge in [-0.25, -0.2) is 9.82 Å². The molecular formula is C22H17Br2FN2O4. The molecule has 0 fully saturated rings. The van der Waals surface area contributed by atoms with Crippen LogP contribution in [-0.2, 0) is 6.61 Å². The van der Waals surface area contributed by atoms with Crippen LogP contribution in [0.5, 0.6) is 17.2 Å². The summed E-state index contributed by atoms with van der Waals surface area (Å²) in [6, 6.07) is 14.2. The molecule has 9 heteroatoms. The van der Waals surface area contributed by atoms with Gasteiger partial charge in [0.1, 0.15) is 18.2 Å². The zero-order chi connectivity index (χ0) is 22.4. The molecule has 0 saturated carbocycles. The Morgan fingerprint density at radius 2 is 1.94 bits per heavy atom. The van der Waals surface area contributed by atoms with Gasteiger partial charge in [0.15, 0.2) is 11.5 Å². The van der Waals surface area contributed by atoms with Crippen LogP contribution in [-0.4, -0.2) is 24.3 Å². The van der Waals surface area contributed by atoms with Gasteiger partial charge in [0.2, 0.25) is 0 Å². The highest BCUT2D eigenvalue weighted by Crippen LogP contribution is 2.33. The maximum atomic E-state index is 13.8. The van der Waals surface area contributed by atoms with Crippen LogP contribution in [0.2, 0.25) is 0 Å². The van der Waals surface area contributed by atoms with Crippen molar-refractivity contribution in [2.45, 2.75) is 6.61 Å². The highest BCUT2D eigenvalue weighted by Gasteiger charge is 2.13. The van der Waals surface area contributed by atoms with E-state index in [4.69, 9.17) is 9.47 Å². The summed E-state index contributed by atoms with van der Waals surface area (Å²) in [6.07, 6.45) is 1.42. The maximum Gasteiger partial charge on any atom is 0.275 e. The van der Waals surface area contributed by atoms with Gasteiger partial charge in [0.25, 0.3) is 5.91 Å². The molecule has 0 saturated heterocycles. The highest BCUT2D eigenvalue weighted by molar-refractivity contribution is 9.10. The molecule has 0 aliphatic carbocycles. The normalized spacial score (nSPS) is 10.8. The first-order valence-corrected chi connectivity index (χ1v) is 10.5. The number of hydrazone groups is 1. The lowest BCUT2D eigenvalue weighted by atomic mass is 10.2. The van der Waals surface area contributed by atoms with Gasteiger partial charge in [-0.05, 0) is 52.3 Å². The fourth-order valence-corrected chi connectivity index (χ4v) is 3.39. The number of carbonyl (C=O) groups excluding carboxylic acids is 1. The van der Waals surface area contributed by atoms with Crippen LogP contribution in [0, 0.1) is 5.82 Å². The van der Waals surface area contributed by atoms with Crippen molar-refractivity contribution >= 4 is 44.0 Å². The van der Waals surface area contributed by atoms with Gasteiger partial charge in [0.05, 0.1) is 18.9 Å². The summed E-state index contributed by atoms with van der Waals surface area (Å²) >= 11 is 6.68. The number of carbonyl (C=O) groups is 1. The van der Waals surface area contributed by atoms with Crippen molar-refractivity contribution in [3.05, 3.63) is 86.1 Å². The maximum absolute atomic E-state index is 13.8. The number of hydrogen-bond acceptors (Lipinski definition) is 5. The molecule has 0 atom stereocenters. The van der Waals surface area contributed by atoms with Gasteiger partial charge >= 0.3 is 0 Å². The van der Waals surface area contributed by atoms with E-state index in [0.717, 1.165) is 0 Å². The molecule has 0 aliphatic rings. The molecule has 1 amide bonds. The second-order valence-electron chi connectivity index (χ2n) is 6.27. The van der Waals surface area contributed by atoms with Crippen LogP contribution in [0.4, 0.5) is 4.39 Å². The molecule has 0 aliphatic heterocycles. The lowest BCUT2D eigenvalue weighted by molar-refractivity contribution is 0.0952. The minimum Gasteiger partial charge on any atom is -0.507 e. The van der Waals surface area contributed by atoms with Gasteiger partial charge in [-0.15, -0.1) is 0 Å². The molecular weight excluding hydrogens is 535 g/mol. The van der Waals surface area contributed by atoms with Crippen LogP contribution in [0.15, 0.2) is 68.6 Å². The number of halogens is 3. The van der Waals surface area contributed by atoms with Crippen molar-refractivity contribution in [2.75, 3.05) is 7.11 Å². The van der Waals surface area contributed by atoms with Gasteiger partial charge in [-0.3, -0.25) is 4.79 Å². The molecule has 3 aromatic rings. The molecule has 0 radical (unpaired) electrons. The Morgan fingerprint density at radius 3 is 2.68 bits per heavy atom. The summed E-state index contributed by atoms with van der Waals surface area (Å²) in [6.45, 7) is 0.0368. The minimum atomic E-state index is -0.567. The molecule has 0 heterocycles. The number of nitrogens with one attached hydrogen (secondary N) is 1. The van der Waals surface area contributed by atoms with Crippen LogP contribution >= 0.6 is 31.9 Å². The molecule has 31 heavy (non-hydrogen) atoms. The monoisotopic (exact) mass is 550 g/mol. The van der Waals surface area contributed by atoms with E-state index in [2.05, 4.69) is 42.4 Å². The number of phenolic OH excluding ortho intramolecular Hbond substituents is 1. The van der Waals surface area contributed by atoms with E-state index >= 15 is 0 Å². The number of hydrogen-bond donors (Lipinski definition) is 2. The van der Waals surface area contributed by atoms with Crippen molar-refractivity contribution in [2.24, 2.45) is 5.10 Å². The number of ether oxygens (including phenoxy) is 2. The number of methoxy groups -OCH3 is 1. The molecule has 0 spiro atoms. The number of nitrogens with zero attached hydrogens (tertiary/aromatic N) is 1. The Labute approximate surface area is 195 Å². The molecule has 3 aromatic carbocycles. The van der Waals surface area contributed by atoms with E-state index in [-0.39, 0.29) is 23.7 Å². The Bertz CT molecular complexity index is 1140. The molecule has 3 rings (SSSR count). The molecule has 0 bridgehead atoms. The average molecular weight is 552 g/mol. The zero-order valence-corrected chi connectivity index (χ0v) is 19.4. The summed E-state index contributed by atoms with van der Waals surface area (Å²) in [5.74, 6) is -0.246. The van der Waals surface area contributed by atoms with Gasteiger partial charge in [-0.1, -0.05) is 34.1 Å². The van der Waals surface area contributed by atoms with Crippen molar-refractivity contribution in [3.63, 3.8) is 0 Å². The largest absolute Gasteiger partial charge is 0.507 e. The van der Waals surface area contributed by atoms with E-state index in [9.17, 15) is 14.3 Å². The van der Waals surface area contributed by atoms with Crippen molar-refractivity contribution in [3.8, 4) is 17.2 Å². The second kappa shape index (κ2) is 10.4. The summed E-state index contributed by atoms with van der Waals surface area (Å²) in [7, 11) is 1.48. The molecule has 0 unspecified atom stereocenters. The standard InChI is InChI=1S/C22H17Br2FN2O4/c1-30-20-8-14(11-26-27-22(29)16-9-15(23)6-7-19(16)28)17(24)10-21(20)31-12-13-4-2-3-5-18(13)25/h2-11,28H,12H2,1H3,(H,27,29)/b26-11-. The Balaban J connectivity index is 1.72. The lowest BCUT2D eigenvalue weighted by Gasteiger charge is -2.13. The first-order valence-electron chi connectivity index (χ1n) is 8.94. The fourth-order valence-electron chi connectivity index (χ4n) is 2.60. The first kappa shape index (κ1) is 22.8. The Hall–Kier alpha value is -2.91. The van der Waals surface area contributed by atoms with Crippen molar-refractivity contribution in [1.29, 1.82) is 0 Å². The lowest BCUT2D eigenvalue weighted by Crippen LogP contribution is -2.17. The average Bonchev–Trinajstić information content (AvgIpc) is 2.76. The first-order chi connectivity index (χ1) is 14.9. The highest BCUT2D eigenvalue weighted by atomic mass is 79.9. The number of amides is 1. The van der Waals surface area contributed by atoms with E-state index in [1.807, 2.05) is 0 Å². The summed E-state index contributed by atoms with van der Waals surface area (Å²) < 4.78 is 26.2. The predicted molar refractivity (Wildman–Crippen MR) is 122 cm³/mol.